The minimum atomic E-state index is -4.42. The van der Waals surface area contributed by atoms with Crippen LogP contribution in [0.5, 0.6) is 11.5 Å². The second-order valence-corrected chi connectivity index (χ2v) is 7.79. The van der Waals surface area contributed by atoms with Gasteiger partial charge in [-0.15, -0.1) is 0 Å². The van der Waals surface area contributed by atoms with Gasteiger partial charge in [0.2, 0.25) is 0 Å². The number of nitrogens with one attached hydrogen (secondary N) is 1. The lowest BCUT2D eigenvalue weighted by Gasteiger charge is -2.10. The second-order valence-electron chi connectivity index (χ2n) is 7.79. The highest BCUT2D eigenvalue weighted by Gasteiger charge is 2.30. The van der Waals surface area contributed by atoms with Crippen molar-refractivity contribution in [2.45, 2.75) is 32.7 Å². The third-order valence-corrected chi connectivity index (χ3v) is 5.33. The van der Waals surface area contributed by atoms with Crippen molar-refractivity contribution in [1.82, 2.24) is 10.3 Å². The molecular formula is C26H25F3N2O3. The minimum absolute atomic E-state index is 0.0126. The van der Waals surface area contributed by atoms with Crippen LogP contribution < -0.4 is 14.8 Å². The number of furan rings is 1. The van der Waals surface area contributed by atoms with Crippen LogP contribution in [0.15, 0.2) is 71.3 Å². The molecule has 0 fully saturated rings. The predicted molar refractivity (Wildman–Crippen MR) is 123 cm³/mol. The standard InChI is InChI=1S/C26H25F3N2O3/c1-18-24(17-33-21-9-4-7-19(15-21)26(27,28)29)34-23-11-5-10-22(25(18)23)32-14-6-12-30-16-20-8-2-3-13-31-20/h2-5,7-11,13,15,30H,6,12,14,16-17H2,1H3. The highest BCUT2D eigenvalue weighted by Crippen LogP contribution is 2.35. The Bertz CT molecular complexity index is 1220. The highest BCUT2D eigenvalue weighted by molar-refractivity contribution is 5.88. The molecule has 0 aliphatic rings. The molecule has 34 heavy (non-hydrogen) atoms. The average molecular weight is 470 g/mol. The lowest BCUT2D eigenvalue weighted by atomic mass is 10.1. The fourth-order valence-electron chi connectivity index (χ4n) is 3.58. The SMILES string of the molecule is Cc1c(COc2cccc(C(F)(F)F)c2)oc2cccc(OCCCNCc3ccccn3)c12. The molecule has 8 heteroatoms. The number of aryl methyl sites for hydroxylation is 1. The zero-order valence-corrected chi connectivity index (χ0v) is 18.7. The summed E-state index contributed by atoms with van der Waals surface area (Å²) < 4.78 is 56.3. The maximum atomic E-state index is 12.9. The van der Waals surface area contributed by atoms with Crippen LogP contribution in [0.3, 0.4) is 0 Å². The molecule has 0 bridgehead atoms. The molecule has 4 rings (SSSR count). The summed E-state index contributed by atoms with van der Waals surface area (Å²) in [5.74, 6) is 1.37. The maximum Gasteiger partial charge on any atom is 0.416 e. The van der Waals surface area contributed by atoms with E-state index in [9.17, 15) is 13.2 Å². The summed E-state index contributed by atoms with van der Waals surface area (Å²) in [6, 6.07) is 16.2. The first-order chi connectivity index (χ1) is 16.4. The van der Waals surface area contributed by atoms with E-state index in [2.05, 4.69) is 10.3 Å². The van der Waals surface area contributed by atoms with E-state index < -0.39 is 11.7 Å². The van der Waals surface area contributed by atoms with Gasteiger partial charge < -0.3 is 19.2 Å². The minimum Gasteiger partial charge on any atom is -0.493 e. The third kappa shape index (κ3) is 5.88. The summed E-state index contributed by atoms with van der Waals surface area (Å²) in [6.07, 6.45) is -1.84. The Morgan fingerprint density at radius 3 is 2.65 bits per heavy atom. The number of alkyl halides is 3. The molecule has 178 valence electrons. The molecular weight excluding hydrogens is 445 g/mol. The van der Waals surface area contributed by atoms with Gasteiger partial charge >= 0.3 is 6.18 Å². The summed E-state index contributed by atoms with van der Waals surface area (Å²) in [7, 11) is 0. The summed E-state index contributed by atoms with van der Waals surface area (Å²) in [5, 5.41) is 4.18. The Labute approximate surface area is 195 Å². The van der Waals surface area contributed by atoms with Crippen LogP contribution >= 0.6 is 0 Å². The van der Waals surface area contributed by atoms with Crippen molar-refractivity contribution in [2.75, 3.05) is 13.2 Å². The van der Waals surface area contributed by atoms with Gasteiger partial charge in [0, 0.05) is 18.3 Å². The number of aromatic nitrogens is 1. The quantitative estimate of drug-likeness (QED) is 0.276. The molecule has 0 aliphatic heterocycles. The van der Waals surface area contributed by atoms with E-state index in [1.807, 2.05) is 43.3 Å². The Morgan fingerprint density at radius 1 is 1.00 bits per heavy atom. The molecule has 0 saturated heterocycles. The van der Waals surface area contributed by atoms with Crippen LogP contribution in [0, 0.1) is 6.92 Å². The first kappa shape index (κ1) is 23.6. The monoisotopic (exact) mass is 470 g/mol. The summed E-state index contributed by atoms with van der Waals surface area (Å²) in [4.78, 5) is 4.28. The molecule has 0 amide bonds. The molecule has 0 spiro atoms. The first-order valence-electron chi connectivity index (χ1n) is 11.0. The van der Waals surface area contributed by atoms with Crippen LogP contribution in [0.1, 0.15) is 29.0 Å². The van der Waals surface area contributed by atoms with Crippen molar-refractivity contribution in [3.05, 3.63) is 89.4 Å². The molecule has 0 radical (unpaired) electrons. The van der Waals surface area contributed by atoms with Gasteiger partial charge in [-0.1, -0.05) is 18.2 Å². The van der Waals surface area contributed by atoms with E-state index in [1.54, 1.807) is 6.20 Å². The van der Waals surface area contributed by atoms with Gasteiger partial charge in [0.25, 0.3) is 0 Å². The van der Waals surface area contributed by atoms with Gasteiger partial charge in [-0.05, 0) is 62.4 Å². The number of halogens is 3. The number of ether oxygens (including phenoxy) is 2. The van der Waals surface area contributed by atoms with Crippen molar-refractivity contribution in [3.63, 3.8) is 0 Å². The normalized spacial score (nSPS) is 11.6. The molecule has 0 atom stereocenters. The van der Waals surface area contributed by atoms with Crippen LogP contribution in [-0.4, -0.2) is 18.1 Å². The topological polar surface area (TPSA) is 56.5 Å². The lowest BCUT2D eigenvalue weighted by molar-refractivity contribution is -0.137. The second kappa shape index (κ2) is 10.6. The Balaban J connectivity index is 1.34. The van der Waals surface area contributed by atoms with E-state index in [4.69, 9.17) is 13.9 Å². The Kier molecular flexibility index (Phi) is 7.37. The van der Waals surface area contributed by atoms with Crippen LogP contribution in [0.25, 0.3) is 11.0 Å². The molecule has 1 N–H and O–H groups in total. The van der Waals surface area contributed by atoms with Gasteiger partial charge in [-0.25, -0.2) is 0 Å². The third-order valence-electron chi connectivity index (χ3n) is 5.33. The van der Waals surface area contributed by atoms with Gasteiger partial charge in [0.15, 0.2) is 0 Å². The van der Waals surface area contributed by atoms with Gasteiger partial charge in [0.05, 0.1) is 23.3 Å². The van der Waals surface area contributed by atoms with Crippen molar-refractivity contribution < 1.29 is 27.1 Å². The number of hydrogen-bond donors (Lipinski definition) is 1. The van der Waals surface area contributed by atoms with Gasteiger partial charge in [-0.2, -0.15) is 13.2 Å². The maximum absolute atomic E-state index is 12.9. The molecule has 0 saturated carbocycles. The fourth-order valence-corrected chi connectivity index (χ4v) is 3.58. The summed E-state index contributed by atoms with van der Waals surface area (Å²) in [5.41, 5.74) is 1.72. The number of rotatable bonds is 10. The largest absolute Gasteiger partial charge is 0.493 e. The number of hydrogen-bond acceptors (Lipinski definition) is 5. The number of benzene rings is 2. The van der Waals surface area contributed by atoms with E-state index in [-0.39, 0.29) is 12.4 Å². The van der Waals surface area contributed by atoms with E-state index >= 15 is 0 Å². The molecule has 0 aliphatic carbocycles. The molecule has 2 aromatic carbocycles. The van der Waals surface area contributed by atoms with E-state index in [1.165, 1.54) is 12.1 Å². The van der Waals surface area contributed by atoms with Crippen LogP contribution in [0.2, 0.25) is 0 Å². The molecule has 5 nitrogen and oxygen atoms in total. The summed E-state index contributed by atoms with van der Waals surface area (Å²) >= 11 is 0. The number of pyridine rings is 1. The van der Waals surface area contributed by atoms with Crippen LogP contribution in [0.4, 0.5) is 13.2 Å². The Hall–Kier alpha value is -3.52. The molecule has 0 unspecified atom stereocenters. The van der Waals surface area contributed by atoms with Gasteiger partial charge in [-0.3, -0.25) is 4.98 Å². The molecule has 2 heterocycles. The molecule has 2 aromatic heterocycles. The number of nitrogens with zero attached hydrogens (tertiary/aromatic N) is 1. The lowest BCUT2D eigenvalue weighted by Crippen LogP contribution is -2.17. The molecule has 4 aromatic rings. The van der Waals surface area contributed by atoms with Crippen LogP contribution in [-0.2, 0) is 19.3 Å². The smallest absolute Gasteiger partial charge is 0.416 e. The zero-order chi connectivity index (χ0) is 24.0. The van der Waals surface area contributed by atoms with E-state index in [0.29, 0.717) is 30.2 Å². The summed E-state index contributed by atoms with van der Waals surface area (Å²) in [6.45, 7) is 3.91. The fraction of sp³-hybridized carbons (Fsp3) is 0.269. The zero-order valence-electron chi connectivity index (χ0n) is 18.7. The van der Waals surface area contributed by atoms with Crippen molar-refractivity contribution in [2.24, 2.45) is 0 Å². The number of fused-ring (bicyclic) bond motifs is 1. The average Bonchev–Trinajstić information content (AvgIpc) is 3.16. The van der Waals surface area contributed by atoms with Crippen molar-refractivity contribution in [1.29, 1.82) is 0 Å². The van der Waals surface area contributed by atoms with E-state index in [0.717, 1.165) is 41.7 Å². The Morgan fingerprint density at radius 2 is 1.85 bits per heavy atom. The first-order valence-corrected chi connectivity index (χ1v) is 11.0. The highest BCUT2D eigenvalue weighted by atomic mass is 19.4. The van der Waals surface area contributed by atoms with Crippen molar-refractivity contribution in [3.8, 4) is 11.5 Å². The van der Waals surface area contributed by atoms with Gasteiger partial charge in [0.1, 0.15) is 29.4 Å². The van der Waals surface area contributed by atoms with Crippen molar-refractivity contribution >= 4 is 11.0 Å². The predicted octanol–water partition coefficient (Wildman–Crippen LogP) is 6.29.